The third kappa shape index (κ3) is 4.65. The predicted molar refractivity (Wildman–Crippen MR) is 76.3 cm³/mol. The smallest absolute Gasteiger partial charge is 0.173 e. The summed E-state index contributed by atoms with van der Waals surface area (Å²) in [7, 11) is -0.168. The molecule has 1 unspecified atom stereocenters. The first-order valence-corrected chi connectivity index (χ1v) is 7.68. The SMILES string of the molecule is C=CCCC(C[S+](C)c1ccc(C)cc1)=C(F)F. The average molecular weight is 269 g/mol. The standard InChI is InChI=1S/C15H19F2S/c1-4-5-6-13(15(16)17)11-18(3)14-9-7-12(2)8-10-14/h4,7-10H,1,5-6,11H2,2-3H3/q+1. The Morgan fingerprint density at radius 1 is 1.28 bits per heavy atom. The van der Waals surface area contributed by atoms with Crippen molar-refractivity contribution in [3.05, 3.63) is 54.1 Å². The Bertz CT molecular complexity index is 417. The molecule has 1 atom stereocenters. The zero-order valence-corrected chi connectivity index (χ0v) is 11.7. The lowest BCUT2D eigenvalue weighted by Gasteiger charge is -2.06. The molecule has 98 valence electrons. The van der Waals surface area contributed by atoms with Gasteiger partial charge in [0.05, 0.1) is 0 Å². The molecule has 0 radical (unpaired) electrons. The van der Waals surface area contributed by atoms with E-state index >= 15 is 0 Å². The van der Waals surface area contributed by atoms with Crippen LogP contribution in [0, 0.1) is 6.92 Å². The maximum atomic E-state index is 12.8. The van der Waals surface area contributed by atoms with E-state index in [2.05, 4.69) is 6.58 Å². The van der Waals surface area contributed by atoms with Crippen molar-refractivity contribution >= 4 is 10.9 Å². The summed E-state index contributed by atoms with van der Waals surface area (Å²) < 4.78 is 25.6. The number of allylic oxidation sites excluding steroid dienone is 1. The van der Waals surface area contributed by atoms with Gasteiger partial charge < -0.3 is 0 Å². The van der Waals surface area contributed by atoms with Crippen LogP contribution in [-0.2, 0) is 10.9 Å². The number of halogens is 2. The molecule has 1 rings (SSSR count). The number of hydrogen-bond donors (Lipinski definition) is 0. The molecule has 0 saturated carbocycles. The van der Waals surface area contributed by atoms with E-state index in [0.717, 1.165) is 4.90 Å². The van der Waals surface area contributed by atoms with Gasteiger partial charge in [-0.3, -0.25) is 0 Å². The molecule has 18 heavy (non-hydrogen) atoms. The van der Waals surface area contributed by atoms with Gasteiger partial charge in [-0.05, 0) is 31.9 Å². The van der Waals surface area contributed by atoms with Gasteiger partial charge in [0.1, 0.15) is 12.0 Å². The van der Waals surface area contributed by atoms with Crippen molar-refractivity contribution < 1.29 is 8.78 Å². The summed E-state index contributed by atoms with van der Waals surface area (Å²) in [6.45, 7) is 5.60. The second-order valence-electron chi connectivity index (χ2n) is 4.29. The molecule has 0 amide bonds. The minimum atomic E-state index is -1.52. The van der Waals surface area contributed by atoms with Crippen LogP contribution in [0.4, 0.5) is 8.78 Å². The van der Waals surface area contributed by atoms with Crippen molar-refractivity contribution in [1.29, 1.82) is 0 Å². The van der Waals surface area contributed by atoms with E-state index in [1.807, 2.05) is 37.4 Å². The highest BCUT2D eigenvalue weighted by molar-refractivity contribution is 7.96. The van der Waals surface area contributed by atoms with E-state index in [9.17, 15) is 8.78 Å². The van der Waals surface area contributed by atoms with Crippen LogP contribution in [-0.4, -0.2) is 12.0 Å². The van der Waals surface area contributed by atoms with E-state index in [1.54, 1.807) is 6.08 Å². The van der Waals surface area contributed by atoms with Crippen molar-refractivity contribution in [3.8, 4) is 0 Å². The van der Waals surface area contributed by atoms with Crippen LogP contribution in [0.3, 0.4) is 0 Å². The third-order valence-corrected chi connectivity index (χ3v) is 4.59. The summed E-state index contributed by atoms with van der Waals surface area (Å²) in [5.41, 5.74) is 1.45. The normalized spacial score (nSPS) is 12.0. The summed E-state index contributed by atoms with van der Waals surface area (Å²) in [6, 6.07) is 8.11. The molecule has 0 spiro atoms. The Balaban J connectivity index is 2.72. The molecule has 0 aliphatic heterocycles. The first-order valence-electron chi connectivity index (χ1n) is 5.87. The van der Waals surface area contributed by atoms with Crippen molar-refractivity contribution in [2.24, 2.45) is 0 Å². The highest BCUT2D eigenvalue weighted by Gasteiger charge is 2.20. The van der Waals surface area contributed by atoms with Crippen molar-refractivity contribution in [2.45, 2.75) is 24.7 Å². The quantitative estimate of drug-likeness (QED) is 0.518. The lowest BCUT2D eigenvalue weighted by Crippen LogP contribution is -2.09. The number of rotatable bonds is 6. The van der Waals surface area contributed by atoms with Crippen molar-refractivity contribution in [3.63, 3.8) is 0 Å². The molecular formula is C15H19F2S+. The number of benzene rings is 1. The van der Waals surface area contributed by atoms with Crippen molar-refractivity contribution in [1.82, 2.24) is 0 Å². The van der Waals surface area contributed by atoms with Gasteiger partial charge in [-0.25, -0.2) is 0 Å². The zero-order chi connectivity index (χ0) is 13.5. The van der Waals surface area contributed by atoms with E-state index in [4.69, 9.17) is 0 Å². The first-order chi connectivity index (χ1) is 8.54. The molecule has 0 nitrogen and oxygen atoms in total. The second kappa shape index (κ2) is 7.37. The van der Waals surface area contributed by atoms with Crippen LogP contribution < -0.4 is 0 Å². The number of aryl methyl sites for hydroxylation is 1. The van der Waals surface area contributed by atoms with Gasteiger partial charge in [0, 0.05) is 16.5 Å². The fourth-order valence-electron chi connectivity index (χ4n) is 1.61. The molecule has 1 aromatic rings. The summed E-state index contributed by atoms with van der Waals surface area (Å²) in [5, 5.41) is 0. The van der Waals surface area contributed by atoms with Crippen LogP contribution >= 0.6 is 0 Å². The molecule has 0 N–H and O–H groups in total. The number of hydrogen-bond acceptors (Lipinski definition) is 0. The van der Waals surface area contributed by atoms with E-state index in [0.29, 0.717) is 18.6 Å². The maximum Gasteiger partial charge on any atom is 0.274 e. The Morgan fingerprint density at radius 3 is 2.39 bits per heavy atom. The Kier molecular flexibility index (Phi) is 6.13. The van der Waals surface area contributed by atoms with Crippen LogP contribution in [0.5, 0.6) is 0 Å². The van der Waals surface area contributed by atoms with Crippen LogP contribution in [0.1, 0.15) is 18.4 Å². The molecule has 0 bridgehead atoms. The van der Waals surface area contributed by atoms with E-state index < -0.39 is 6.08 Å². The predicted octanol–water partition coefficient (Wildman–Crippen LogP) is 4.72. The summed E-state index contributed by atoms with van der Waals surface area (Å²) in [4.78, 5) is 1.14. The lowest BCUT2D eigenvalue weighted by molar-refractivity contribution is 0.408. The summed E-state index contributed by atoms with van der Waals surface area (Å²) in [6.07, 6.45) is 3.19. The van der Waals surface area contributed by atoms with Gasteiger partial charge in [0.25, 0.3) is 6.08 Å². The van der Waals surface area contributed by atoms with Gasteiger partial charge in [0.15, 0.2) is 4.90 Å². The summed E-state index contributed by atoms with van der Waals surface area (Å²) >= 11 is 0. The Hall–Kier alpha value is -1.09. The highest BCUT2D eigenvalue weighted by Crippen LogP contribution is 2.21. The molecule has 0 aliphatic carbocycles. The van der Waals surface area contributed by atoms with Gasteiger partial charge in [0.2, 0.25) is 0 Å². The van der Waals surface area contributed by atoms with E-state index in [1.165, 1.54) is 5.56 Å². The topological polar surface area (TPSA) is 0 Å². The zero-order valence-electron chi connectivity index (χ0n) is 10.9. The second-order valence-corrected chi connectivity index (χ2v) is 6.32. The largest absolute Gasteiger partial charge is 0.274 e. The molecule has 0 fully saturated rings. The van der Waals surface area contributed by atoms with Crippen LogP contribution in [0.15, 0.2) is 53.5 Å². The van der Waals surface area contributed by atoms with Gasteiger partial charge >= 0.3 is 0 Å². The lowest BCUT2D eigenvalue weighted by atomic mass is 10.2. The van der Waals surface area contributed by atoms with Gasteiger partial charge in [-0.1, -0.05) is 23.8 Å². The molecule has 3 heteroatoms. The Morgan fingerprint density at radius 2 is 1.89 bits per heavy atom. The highest BCUT2D eigenvalue weighted by atomic mass is 32.2. The van der Waals surface area contributed by atoms with Gasteiger partial charge in [-0.2, -0.15) is 8.78 Å². The fourth-order valence-corrected chi connectivity index (χ4v) is 3.16. The van der Waals surface area contributed by atoms with Crippen molar-refractivity contribution in [2.75, 3.05) is 12.0 Å². The molecule has 0 heterocycles. The first kappa shape index (κ1) is 15.0. The Labute approximate surface area is 111 Å². The summed E-state index contributed by atoms with van der Waals surface area (Å²) in [5.74, 6) is 0.444. The van der Waals surface area contributed by atoms with E-state index in [-0.39, 0.29) is 16.5 Å². The third-order valence-electron chi connectivity index (χ3n) is 2.73. The van der Waals surface area contributed by atoms with Gasteiger partial charge in [-0.15, -0.1) is 6.58 Å². The minimum absolute atomic E-state index is 0.168. The molecular weight excluding hydrogens is 250 g/mol. The maximum absolute atomic E-state index is 12.8. The fraction of sp³-hybridized carbons (Fsp3) is 0.333. The van der Waals surface area contributed by atoms with Crippen LogP contribution in [0.25, 0.3) is 0 Å². The monoisotopic (exact) mass is 269 g/mol. The molecule has 1 aromatic carbocycles. The molecule has 0 aliphatic rings. The average Bonchev–Trinajstić information content (AvgIpc) is 2.34. The minimum Gasteiger partial charge on any atom is -0.173 e. The molecule has 0 aromatic heterocycles. The van der Waals surface area contributed by atoms with Crippen LogP contribution in [0.2, 0.25) is 0 Å². The molecule has 0 saturated heterocycles.